The summed E-state index contributed by atoms with van der Waals surface area (Å²) in [6.45, 7) is 6.03. The van der Waals surface area contributed by atoms with Crippen molar-refractivity contribution in [2.24, 2.45) is 0 Å². The molecule has 1 aromatic heterocycles. The van der Waals surface area contributed by atoms with Crippen LogP contribution in [0.5, 0.6) is 0 Å². The quantitative estimate of drug-likeness (QED) is 0.491. The van der Waals surface area contributed by atoms with Crippen molar-refractivity contribution in [1.29, 1.82) is 0 Å². The molecule has 0 radical (unpaired) electrons. The third-order valence-corrected chi connectivity index (χ3v) is 4.27. The first-order valence-electron chi connectivity index (χ1n) is 6.63. The fraction of sp³-hybridized carbons (Fsp3) is 0.312. The lowest BCUT2D eigenvalue weighted by atomic mass is 10.1. The van der Waals surface area contributed by atoms with Crippen molar-refractivity contribution in [3.8, 4) is 0 Å². The molecule has 5 heteroatoms. The van der Waals surface area contributed by atoms with Crippen molar-refractivity contribution in [3.63, 3.8) is 0 Å². The van der Waals surface area contributed by atoms with Gasteiger partial charge in [0.25, 0.3) is 0 Å². The minimum Gasteiger partial charge on any atom is -0.465 e. The van der Waals surface area contributed by atoms with Gasteiger partial charge in [0, 0.05) is 17.1 Å². The molecule has 1 heterocycles. The van der Waals surface area contributed by atoms with Crippen LogP contribution in [0.25, 0.3) is 0 Å². The zero-order valence-electron chi connectivity index (χ0n) is 12.6. The average molecular weight is 302 g/mol. The number of aryl methyl sites for hydroxylation is 2. The van der Waals surface area contributed by atoms with Crippen LogP contribution in [0.15, 0.2) is 29.4 Å². The summed E-state index contributed by atoms with van der Waals surface area (Å²) >= 11 is 1.59. The highest BCUT2D eigenvalue weighted by atomic mass is 32.2. The van der Waals surface area contributed by atoms with E-state index < -0.39 is 0 Å². The fourth-order valence-electron chi connectivity index (χ4n) is 1.81. The number of rotatable bonds is 4. The van der Waals surface area contributed by atoms with Crippen LogP contribution in [0.1, 0.15) is 32.9 Å². The Morgan fingerprint density at radius 2 is 1.67 bits per heavy atom. The second-order valence-corrected chi connectivity index (χ2v) is 5.72. The van der Waals surface area contributed by atoms with E-state index in [0.29, 0.717) is 5.56 Å². The fourth-order valence-corrected chi connectivity index (χ4v) is 2.70. The Morgan fingerprint density at radius 3 is 2.19 bits per heavy atom. The van der Waals surface area contributed by atoms with Gasteiger partial charge in [0.1, 0.15) is 0 Å². The van der Waals surface area contributed by atoms with Gasteiger partial charge in [-0.15, -0.1) is 0 Å². The van der Waals surface area contributed by atoms with Crippen molar-refractivity contribution in [1.82, 2.24) is 9.97 Å². The van der Waals surface area contributed by atoms with E-state index in [0.717, 1.165) is 33.4 Å². The molecular weight excluding hydrogens is 284 g/mol. The van der Waals surface area contributed by atoms with E-state index in [2.05, 4.69) is 14.7 Å². The molecular formula is C16H18N2O2S. The van der Waals surface area contributed by atoms with Crippen molar-refractivity contribution >= 4 is 17.7 Å². The van der Waals surface area contributed by atoms with Crippen LogP contribution in [-0.4, -0.2) is 23.0 Å². The first-order valence-corrected chi connectivity index (χ1v) is 7.61. The minimum atomic E-state index is -0.317. The summed E-state index contributed by atoms with van der Waals surface area (Å²) < 4.78 is 4.68. The van der Waals surface area contributed by atoms with Crippen LogP contribution >= 0.6 is 11.8 Å². The van der Waals surface area contributed by atoms with E-state index >= 15 is 0 Å². The van der Waals surface area contributed by atoms with E-state index in [4.69, 9.17) is 0 Å². The molecule has 1 aromatic carbocycles. The third-order valence-electron chi connectivity index (χ3n) is 3.36. The number of benzene rings is 1. The van der Waals surface area contributed by atoms with Gasteiger partial charge in [0.05, 0.1) is 12.7 Å². The highest BCUT2D eigenvalue weighted by Gasteiger charge is 2.07. The smallest absolute Gasteiger partial charge is 0.337 e. The van der Waals surface area contributed by atoms with E-state index in [-0.39, 0.29) is 5.97 Å². The summed E-state index contributed by atoms with van der Waals surface area (Å²) in [4.78, 5) is 20.3. The zero-order valence-corrected chi connectivity index (χ0v) is 13.5. The van der Waals surface area contributed by atoms with Crippen molar-refractivity contribution in [3.05, 3.63) is 52.3 Å². The van der Waals surface area contributed by atoms with E-state index in [9.17, 15) is 4.79 Å². The standard InChI is InChI=1S/C16H18N2O2S/c1-10-11(2)17-16(18-12(10)3)21-9-13-5-7-14(8-6-13)15(19)20-4/h5-8H,9H2,1-4H3. The van der Waals surface area contributed by atoms with Gasteiger partial charge in [0.15, 0.2) is 5.16 Å². The largest absolute Gasteiger partial charge is 0.465 e. The van der Waals surface area contributed by atoms with Gasteiger partial charge in [-0.2, -0.15) is 0 Å². The number of carbonyl (C=O) groups is 1. The van der Waals surface area contributed by atoms with Crippen LogP contribution in [0, 0.1) is 20.8 Å². The second-order valence-electron chi connectivity index (χ2n) is 4.78. The van der Waals surface area contributed by atoms with Gasteiger partial charge in [0.2, 0.25) is 0 Å². The average Bonchev–Trinajstić information content (AvgIpc) is 2.50. The highest BCUT2D eigenvalue weighted by molar-refractivity contribution is 7.98. The first kappa shape index (κ1) is 15.5. The van der Waals surface area contributed by atoms with Crippen LogP contribution < -0.4 is 0 Å². The molecule has 0 bridgehead atoms. The molecule has 0 aliphatic carbocycles. The normalized spacial score (nSPS) is 10.5. The summed E-state index contributed by atoms with van der Waals surface area (Å²) in [6.07, 6.45) is 0. The number of thioether (sulfide) groups is 1. The third kappa shape index (κ3) is 3.82. The summed E-state index contributed by atoms with van der Waals surface area (Å²) in [5, 5.41) is 0.785. The molecule has 0 saturated heterocycles. The molecule has 21 heavy (non-hydrogen) atoms. The molecule has 0 amide bonds. The predicted octanol–water partition coefficient (Wildman–Crippen LogP) is 3.48. The van der Waals surface area contributed by atoms with Gasteiger partial charge in [-0.25, -0.2) is 14.8 Å². The van der Waals surface area contributed by atoms with Crippen LogP contribution in [0.4, 0.5) is 0 Å². The topological polar surface area (TPSA) is 52.1 Å². The minimum absolute atomic E-state index is 0.317. The van der Waals surface area contributed by atoms with Gasteiger partial charge in [-0.1, -0.05) is 23.9 Å². The van der Waals surface area contributed by atoms with Gasteiger partial charge in [-0.05, 0) is 44.0 Å². The maximum atomic E-state index is 11.4. The molecule has 0 fully saturated rings. The Morgan fingerprint density at radius 1 is 1.10 bits per heavy atom. The van der Waals surface area contributed by atoms with Crippen molar-refractivity contribution < 1.29 is 9.53 Å². The number of hydrogen-bond donors (Lipinski definition) is 0. The molecule has 110 valence electrons. The Balaban J connectivity index is 2.05. The van der Waals surface area contributed by atoms with Crippen LogP contribution in [0.3, 0.4) is 0 Å². The Labute approximate surface area is 129 Å². The summed E-state index contributed by atoms with van der Waals surface area (Å²) in [5.74, 6) is 0.450. The van der Waals surface area contributed by atoms with E-state index in [1.165, 1.54) is 7.11 Å². The molecule has 0 atom stereocenters. The zero-order chi connectivity index (χ0) is 15.4. The van der Waals surface area contributed by atoms with Crippen LogP contribution in [-0.2, 0) is 10.5 Å². The lowest BCUT2D eigenvalue weighted by molar-refractivity contribution is 0.0600. The lowest BCUT2D eigenvalue weighted by Crippen LogP contribution is -2.01. The predicted molar refractivity (Wildman–Crippen MR) is 83.6 cm³/mol. The van der Waals surface area contributed by atoms with E-state index in [1.807, 2.05) is 32.9 Å². The van der Waals surface area contributed by atoms with Gasteiger partial charge in [-0.3, -0.25) is 0 Å². The number of nitrogens with zero attached hydrogens (tertiary/aromatic N) is 2. The number of aromatic nitrogens is 2. The second kappa shape index (κ2) is 6.72. The molecule has 2 rings (SSSR count). The SMILES string of the molecule is COC(=O)c1ccc(CSc2nc(C)c(C)c(C)n2)cc1. The monoisotopic (exact) mass is 302 g/mol. The molecule has 0 spiro atoms. The van der Waals surface area contributed by atoms with Crippen molar-refractivity contribution in [2.45, 2.75) is 31.7 Å². The number of hydrogen-bond acceptors (Lipinski definition) is 5. The van der Waals surface area contributed by atoms with Crippen LogP contribution in [0.2, 0.25) is 0 Å². The van der Waals surface area contributed by atoms with E-state index in [1.54, 1.807) is 23.9 Å². The summed E-state index contributed by atoms with van der Waals surface area (Å²) in [5.41, 5.74) is 4.86. The number of carbonyl (C=O) groups excluding carboxylic acids is 1. The van der Waals surface area contributed by atoms with Crippen molar-refractivity contribution in [2.75, 3.05) is 7.11 Å². The number of esters is 1. The lowest BCUT2D eigenvalue weighted by Gasteiger charge is -2.07. The molecule has 0 unspecified atom stereocenters. The molecule has 0 aliphatic rings. The maximum Gasteiger partial charge on any atom is 0.337 e. The molecule has 2 aromatic rings. The number of methoxy groups -OCH3 is 1. The molecule has 0 N–H and O–H groups in total. The Kier molecular flexibility index (Phi) is 4.96. The maximum absolute atomic E-state index is 11.4. The molecule has 0 saturated carbocycles. The summed E-state index contributed by atoms with van der Waals surface area (Å²) in [6, 6.07) is 7.39. The Bertz CT molecular complexity index is 631. The number of ether oxygens (including phenoxy) is 1. The summed E-state index contributed by atoms with van der Waals surface area (Å²) in [7, 11) is 1.38. The molecule has 0 aliphatic heterocycles. The van der Waals surface area contributed by atoms with Gasteiger partial charge >= 0.3 is 5.97 Å². The van der Waals surface area contributed by atoms with Gasteiger partial charge < -0.3 is 4.74 Å². The first-order chi connectivity index (χ1) is 10.0. The Hall–Kier alpha value is -1.88. The molecule has 4 nitrogen and oxygen atoms in total. The highest BCUT2D eigenvalue weighted by Crippen LogP contribution is 2.21.